The third-order valence-electron chi connectivity index (χ3n) is 3.44. The Morgan fingerprint density at radius 3 is 2.42 bits per heavy atom. The van der Waals surface area contributed by atoms with E-state index >= 15 is 0 Å². The number of oxime groups is 1. The van der Waals surface area contributed by atoms with Gasteiger partial charge >= 0.3 is 5.97 Å². The fourth-order valence-electron chi connectivity index (χ4n) is 2.10. The molecule has 0 aliphatic rings. The van der Waals surface area contributed by atoms with E-state index in [9.17, 15) is 14.9 Å². The number of carbonyl (C=O) groups excluding carboxylic acids is 1. The Balaban J connectivity index is 1.91. The summed E-state index contributed by atoms with van der Waals surface area (Å²) in [6, 6.07) is 14.8. The zero-order valence-electron chi connectivity index (χ0n) is 14.2. The zero-order valence-corrected chi connectivity index (χ0v) is 14.2. The number of nitro benzene ring substituents is 1. The predicted molar refractivity (Wildman–Crippen MR) is 95.7 cm³/mol. The molecule has 0 fully saturated rings. The summed E-state index contributed by atoms with van der Waals surface area (Å²) >= 11 is 0. The van der Waals surface area contributed by atoms with E-state index in [-0.39, 0.29) is 17.9 Å². The number of rotatable bonds is 8. The highest BCUT2D eigenvalue weighted by molar-refractivity contribution is 5.83. The molecule has 0 radical (unpaired) electrons. The SMILES string of the molecule is CC[C@@H](Oc1ccccc1)C(=O)O/N=C(/N)Cc1ccc([N+](=O)[O-])cc1. The van der Waals surface area contributed by atoms with Crippen LogP contribution >= 0.6 is 0 Å². The van der Waals surface area contributed by atoms with Gasteiger partial charge in [-0.3, -0.25) is 10.1 Å². The lowest BCUT2D eigenvalue weighted by Gasteiger charge is -2.14. The van der Waals surface area contributed by atoms with E-state index in [2.05, 4.69) is 5.16 Å². The van der Waals surface area contributed by atoms with E-state index in [4.69, 9.17) is 15.3 Å². The lowest BCUT2D eigenvalue weighted by atomic mass is 10.1. The molecule has 0 unspecified atom stereocenters. The van der Waals surface area contributed by atoms with Gasteiger partial charge in [-0.2, -0.15) is 0 Å². The normalized spacial score (nSPS) is 12.3. The second-order valence-electron chi connectivity index (χ2n) is 5.42. The van der Waals surface area contributed by atoms with Crippen molar-refractivity contribution in [3.63, 3.8) is 0 Å². The molecule has 2 aromatic carbocycles. The van der Waals surface area contributed by atoms with Gasteiger partial charge in [-0.05, 0) is 24.1 Å². The minimum atomic E-state index is -0.798. The summed E-state index contributed by atoms with van der Waals surface area (Å²) < 4.78 is 5.56. The fraction of sp³-hybridized carbons (Fsp3) is 0.222. The van der Waals surface area contributed by atoms with Crippen LogP contribution in [0.3, 0.4) is 0 Å². The van der Waals surface area contributed by atoms with Gasteiger partial charge in [-0.15, -0.1) is 0 Å². The third-order valence-corrected chi connectivity index (χ3v) is 3.44. The van der Waals surface area contributed by atoms with Crippen molar-refractivity contribution in [2.24, 2.45) is 10.9 Å². The summed E-state index contributed by atoms with van der Waals surface area (Å²) in [5, 5.41) is 14.2. The van der Waals surface area contributed by atoms with Gasteiger partial charge in [0, 0.05) is 18.6 Å². The Morgan fingerprint density at radius 2 is 1.85 bits per heavy atom. The molecule has 0 saturated carbocycles. The summed E-state index contributed by atoms with van der Waals surface area (Å²) in [5.41, 5.74) is 6.44. The van der Waals surface area contributed by atoms with Crippen LogP contribution in [0.4, 0.5) is 5.69 Å². The molecule has 0 aliphatic heterocycles. The van der Waals surface area contributed by atoms with Gasteiger partial charge in [-0.25, -0.2) is 4.79 Å². The first-order valence-electron chi connectivity index (χ1n) is 7.97. The summed E-state index contributed by atoms with van der Waals surface area (Å²) in [4.78, 5) is 27.1. The van der Waals surface area contributed by atoms with Gasteiger partial charge < -0.3 is 15.3 Å². The van der Waals surface area contributed by atoms with Crippen LogP contribution in [0.2, 0.25) is 0 Å². The number of carbonyl (C=O) groups is 1. The molecule has 0 amide bonds. The molecular formula is C18H19N3O5. The van der Waals surface area contributed by atoms with Gasteiger partial charge in [-0.1, -0.05) is 42.4 Å². The summed E-state index contributed by atoms with van der Waals surface area (Å²) in [5.74, 6) is -0.0242. The molecule has 136 valence electrons. The van der Waals surface area contributed by atoms with E-state index in [0.29, 0.717) is 17.7 Å². The first-order chi connectivity index (χ1) is 12.5. The third kappa shape index (κ3) is 5.59. The van der Waals surface area contributed by atoms with Crippen LogP contribution in [0.25, 0.3) is 0 Å². The first kappa shape index (κ1) is 18.9. The van der Waals surface area contributed by atoms with Crippen LogP contribution in [0.15, 0.2) is 59.8 Å². The Labute approximate surface area is 150 Å². The fourth-order valence-corrected chi connectivity index (χ4v) is 2.10. The molecule has 26 heavy (non-hydrogen) atoms. The van der Waals surface area contributed by atoms with E-state index in [1.165, 1.54) is 12.1 Å². The van der Waals surface area contributed by atoms with Gasteiger partial charge in [0.1, 0.15) is 11.6 Å². The molecule has 0 heterocycles. The van der Waals surface area contributed by atoms with E-state index in [1.807, 2.05) is 6.07 Å². The number of nitro groups is 1. The number of para-hydroxylation sites is 1. The number of hydrogen-bond donors (Lipinski definition) is 1. The number of hydrogen-bond acceptors (Lipinski definition) is 6. The van der Waals surface area contributed by atoms with E-state index in [1.54, 1.807) is 43.3 Å². The quantitative estimate of drug-likeness (QED) is 0.255. The molecule has 0 saturated heterocycles. The number of non-ortho nitro benzene ring substituents is 1. The van der Waals surface area contributed by atoms with Crippen molar-refractivity contribution in [3.05, 3.63) is 70.3 Å². The molecule has 0 spiro atoms. The van der Waals surface area contributed by atoms with Crippen molar-refractivity contribution in [2.75, 3.05) is 0 Å². The van der Waals surface area contributed by atoms with E-state index in [0.717, 1.165) is 0 Å². The number of amidine groups is 1. The standard InChI is InChI=1S/C18H19N3O5/c1-2-16(25-15-6-4-3-5-7-15)18(22)26-20-17(19)12-13-8-10-14(11-9-13)21(23)24/h3-11,16H,2,12H2,1H3,(H2,19,20)/t16-/m1/s1. The van der Waals surface area contributed by atoms with Crippen molar-refractivity contribution < 1.29 is 19.3 Å². The van der Waals surface area contributed by atoms with Crippen LogP contribution in [0.1, 0.15) is 18.9 Å². The maximum Gasteiger partial charge on any atom is 0.375 e. The van der Waals surface area contributed by atoms with Crippen molar-refractivity contribution in [1.82, 2.24) is 0 Å². The topological polar surface area (TPSA) is 117 Å². The van der Waals surface area contributed by atoms with E-state index < -0.39 is 17.0 Å². The lowest BCUT2D eigenvalue weighted by molar-refractivity contribution is -0.384. The molecule has 8 heteroatoms. The van der Waals surface area contributed by atoms with Crippen molar-refractivity contribution >= 4 is 17.5 Å². The first-order valence-corrected chi connectivity index (χ1v) is 7.97. The highest BCUT2D eigenvalue weighted by atomic mass is 16.7. The second kappa shape index (κ2) is 9.16. The highest BCUT2D eigenvalue weighted by Gasteiger charge is 2.20. The minimum absolute atomic E-state index is 0.0143. The maximum absolute atomic E-state index is 12.1. The molecule has 1 atom stereocenters. The average molecular weight is 357 g/mol. The average Bonchev–Trinajstić information content (AvgIpc) is 2.65. The molecule has 0 bridgehead atoms. The molecule has 8 nitrogen and oxygen atoms in total. The number of ether oxygens (including phenoxy) is 1. The molecule has 0 aliphatic carbocycles. The second-order valence-corrected chi connectivity index (χ2v) is 5.42. The summed E-state index contributed by atoms with van der Waals surface area (Å²) in [7, 11) is 0. The smallest absolute Gasteiger partial charge is 0.375 e. The van der Waals surface area contributed by atoms with Gasteiger partial charge in [0.15, 0.2) is 6.10 Å². The Bertz CT molecular complexity index is 775. The molecule has 2 aromatic rings. The van der Waals surface area contributed by atoms with Gasteiger partial charge in [0.2, 0.25) is 0 Å². The lowest BCUT2D eigenvalue weighted by Crippen LogP contribution is -2.28. The Hall–Kier alpha value is -3.42. The van der Waals surface area contributed by atoms with Crippen molar-refractivity contribution in [1.29, 1.82) is 0 Å². The highest BCUT2D eigenvalue weighted by Crippen LogP contribution is 2.14. The molecule has 2 N–H and O–H groups in total. The number of nitrogens with two attached hydrogens (primary N) is 1. The van der Waals surface area contributed by atoms with Crippen molar-refractivity contribution in [2.45, 2.75) is 25.9 Å². The maximum atomic E-state index is 12.1. The molecule has 0 aromatic heterocycles. The molecule has 2 rings (SSSR count). The minimum Gasteiger partial charge on any atom is -0.479 e. The van der Waals surface area contributed by atoms with Crippen molar-refractivity contribution in [3.8, 4) is 5.75 Å². The summed E-state index contributed by atoms with van der Waals surface area (Å²) in [6.07, 6.45) is -0.194. The number of benzene rings is 2. The van der Waals surface area contributed by atoms with Crippen LogP contribution in [0.5, 0.6) is 5.75 Å². The predicted octanol–water partition coefficient (Wildman–Crippen LogP) is 2.81. The van der Waals surface area contributed by atoms with Crippen LogP contribution in [-0.2, 0) is 16.1 Å². The van der Waals surface area contributed by atoms with Crippen LogP contribution in [-0.4, -0.2) is 22.8 Å². The van der Waals surface area contributed by atoms with Crippen LogP contribution < -0.4 is 10.5 Å². The number of nitrogens with zero attached hydrogens (tertiary/aromatic N) is 2. The largest absolute Gasteiger partial charge is 0.479 e. The zero-order chi connectivity index (χ0) is 18.9. The molecular weight excluding hydrogens is 338 g/mol. The van der Waals surface area contributed by atoms with Crippen LogP contribution in [0, 0.1) is 10.1 Å². The Morgan fingerprint density at radius 1 is 1.19 bits per heavy atom. The van der Waals surface area contributed by atoms with Gasteiger partial charge in [0.25, 0.3) is 5.69 Å². The Kier molecular flexibility index (Phi) is 6.67. The van der Waals surface area contributed by atoms with Gasteiger partial charge in [0.05, 0.1) is 4.92 Å². The summed E-state index contributed by atoms with van der Waals surface area (Å²) in [6.45, 7) is 1.79. The monoisotopic (exact) mass is 357 g/mol.